The molecule has 1 N–H and O–H groups in total. The van der Waals surface area contributed by atoms with Crippen molar-refractivity contribution in [1.82, 2.24) is 9.97 Å². The number of hydrogen-bond acceptors (Lipinski definition) is 3. The molecule has 0 aliphatic rings. The van der Waals surface area contributed by atoms with Crippen LogP contribution >= 0.6 is 15.9 Å². The van der Waals surface area contributed by atoms with Crippen LogP contribution < -0.4 is 0 Å². The molecule has 0 saturated carbocycles. The summed E-state index contributed by atoms with van der Waals surface area (Å²) in [6, 6.07) is 10.2. The summed E-state index contributed by atoms with van der Waals surface area (Å²) in [6.07, 6.45) is 2.99. The van der Waals surface area contributed by atoms with Crippen LogP contribution in [0.25, 0.3) is 11.0 Å². The molecule has 3 aromatic rings. The highest BCUT2D eigenvalue weighted by atomic mass is 79.9. The molecule has 2 aromatic carbocycles. The van der Waals surface area contributed by atoms with Crippen molar-refractivity contribution >= 4 is 27.0 Å². The first kappa shape index (κ1) is 14.1. The molecular formula is C16H12BrFN2O. The lowest BCUT2D eigenvalue weighted by Crippen LogP contribution is -2.02. The monoisotopic (exact) mass is 346 g/mol. The van der Waals surface area contributed by atoms with E-state index in [1.807, 2.05) is 18.2 Å². The van der Waals surface area contributed by atoms with E-state index in [1.54, 1.807) is 24.5 Å². The number of fused-ring (bicyclic) bond motifs is 1. The van der Waals surface area contributed by atoms with Crippen LogP contribution in [0.15, 0.2) is 53.3 Å². The van der Waals surface area contributed by atoms with Crippen LogP contribution in [-0.4, -0.2) is 15.1 Å². The van der Waals surface area contributed by atoms with Gasteiger partial charge in [-0.2, -0.15) is 0 Å². The Morgan fingerprint density at radius 2 is 1.81 bits per heavy atom. The average molecular weight is 347 g/mol. The number of aromatic nitrogens is 2. The molecule has 3 nitrogen and oxygen atoms in total. The lowest BCUT2D eigenvalue weighted by molar-refractivity contribution is 0.178. The molecule has 21 heavy (non-hydrogen) atoms. The zero-order valence-electron chi connectivity index (χ0n) is 11.0. The van der Waals surface area contributed by atoms with E-state index in [2.05, 4.69) is 25.9 Å². The Kier molecular flexibility index (Phi) is 3.94. The number of aliphatic hydroxyl groups excluding tert-OH is 1. The summed E-state index contributed by atoms with van der Waals surface area (Å²) in [7, 11) is 0. The van der Waals surface area contributed by atoms with Crippen LogP contribution in [0.1, 0.15) is 17.2 Å². The number of benzene rings is 2. The molecule has 106 valence electrons. The van der Waals surface area contributed by atoms with E-state index in [9.17, 15) is 9.50 Å². The smallest absolute Gasteiger partial charge is 0.137 e. The van der Waals surface area contributed by atoms with Crippen LogP contribution in [0.2, 0.25) is 0 Å². The van der Waals surface area contributed by atoms with Crippen molar-refractivity contribution in [3.05, 3.63) is 70.2 Å². The third kappa shape index (κ3) is 3.09. The predicted molar refractivity (Wildman–Crippen MR) is 82.3 cm³/mol. The molecule has 0 fully saturated rings. The quantitative estimate of drug-likeness (QED) is 0.784. The zero-order valence-corrected chi connectivity index (χ0v) is 12.6. The molecule has 0 radical (unpaired) electrons. The molecule has 0 aliphatic heterocycles. The SMILES string of the molecule is OC(Cc1ccc(F)c(Br)c1)c1ccc2nccnc2c1. The minimum absolute atomic E-state index is 0.311. The molecule has 1 unspecified atom stereocenters. The van der Waals surface area contributed by atoms with Gasteiger partial charge >= 0.3 is 0 Å². The minimum atomic E-state index is -0.672. The molecular weight excluding hydrogens is 335 g/mol. The first-order valence-electron chi connectivity index (χ1n) is 6.46. The Morgan fingerprint density at radius 3 is 2.57 bits per heavy atom. The second kappa shape index (κ2) is 5.87. The van der Waals surface area contributed by atoms with Crippen molar-refractivity contribution in [3.8, 4) is 0 Å². The summed E-state index contributed by atoms with van der Waals surface area (Å²) >= 11 is 3.15. The molecule has 0 spiro atoms. The van der Waals surface area contributed by atoms with Crippen molar-refractivity contribution in [1.29, 1.82) is 0 Å². The van der Waals surface area contributed by atoms with Crippen molar-refractivity contribution in [2.45, 2.75) is 12.5 Å². The number of hydrogen-bond donors (Lipinski definition) is 1. The normalized spacial score (nSPS) is 12.5. The maximum Gasteiger partial charge on any atom is 0.137 e. The fourth-order valence-corrected chi connectivity index (χ4v) is 2.62. The van der Waals surface area contributed by atoms with Gasteiger partial charge in [0.15, 0.2) is 0 Å². The van der Waals surface area contributed by atoms with Crippen molar-refractivity contribution < 1.29 is 9.50 Å². The van der Waals surface area contributed by atoms with E-state index in [0.29, 0.717) is 10.9 Å². The molecule has 5 heteroatoms. The van der Waals surface area contributed by atoms with E-state index < -0.39 is 6.10 Å². The van der Waals surface area contributed by atoms with Gasteiger partial charge in [-0.05, 0) is 51.3 Å². The third-order valence-electron chi connectivity index (χ3n) is 3.29. The van der Waals surface area contributed by atoms with Gasteiger partial charge in [0.2, 0.25) is 0 Å². The lowest BCUT2D eigenvalue weighted by atomic mass is 10.0. The van der Waals surface area contributed by atoms with Gasteiger partial charge in [0.05, 0.1) is 21.6 Å². The molecule has 0 bridgehead atoms. The van der Waals surface area contributed by atoms with Gasteiger partial charge in [-0.3, -0.25) is 9.97 Å². The molecule has 1 atom stereocenters. The summed E-state index contributed by atoms with van der Waals surface area (Å²) in [5, 5.41) is 10.3. The molecule has 1 aromatic heterocycles. The Labute approximate surface area is 129 Å². The lowest BCUT2D eigenvalue weighted by Gasteiger charge is -2.12. The first-order chi connectivity index (χ1) is 10.1. The summed E-state index contributed by atoms with van der Waals surface area (Å²) < 4.78 is 13.6. The standard InChI is InChI=1S/C16H12BrFN2O/c17-12-7-10(1-3-13(12)18)8-16(21)11-2-4-14-15(9-11)20-6-5-19-14/h1-7,9,16,21H,8H2. The van der Waals surface area contributed by atoms with E-state index >= 15 is 0 Å². The maximum atomic E-state index is 13.2. The largest absolute Gasteiger partial charge is 0.388 e. The Bertz CT molecular complexity index is 794. The maximum absolute atomic E-state index is 13.2. The second-order valence-corrected chi connectivity index (χ2v) is 5.63. The molecule has 3 rings (SSSR count). The third-order valence-corrected chi connectivity index (χ3v) is 3.90. The van der Waals surface area contributed by atoms with E-state index in [0.717, 1.165) is 22.2 Å². The molecule has 0 saturated heterocycles. The summed E-state index contributed by atoms with van der Waals surface area (Å²) in [5.74, 6) is -0.311. The van der Waals surface area contributed by atoms with Crippen LogP contribution in [0.4, 0.5) is 4.39 Å². The van der Waals surface area contributed by atoms with Crippen LogP contribution in [0.5, 0.6) is 0 Å². The van der Waals surface area contributed by atoms with Crippen LogP contribution in [-0.2, 0) is 6.42 Å². The fourth-order valence-electron chi connectivity index (χ4n) is 2.20. The fraction of sp³-hybridized carbons (Fsp3) is 0.125. The zero-order chi connectivity index (χ0) is 14.8. The van der Waals surface area contributed by atoms with Gasteiger partial charge in [0.1, 0.15) is 5.82 Å². The molecule has 0 amide bonds. The summed E-state index contributed by atoms with van der Waals surface area (Å²) in [6.45, 7) is 0. The first-order valence-corrected chi connectivity index (χ1v) is 7.25. The Morgan fingerprint density at radius 1 is 1.05 bits per heavy atom. The number of nitrogens with zero attached hydrogens (tertiary/aromatic N) is 2. The number of halogens is 2. The second-order valence-electron chi connectivity index (χ2n) is 4.77. The van der Waals surface area contributed by atoms with Crippen LogP contribution in [0.3, 0.4) is 0 Å². The molecule has 1 heterocycles. The summed E-state index contributed by atoms with van der Waals surface area (Å²) in [4.78, 5) is 8.42. The minimum Gasteiger partial charge on any atom is -0.388 e. The van der Waals surface area contributed by atoms with Gasteiger partial charge in [-0.1, -0.05) is 12.1 Å². The average Bonchev–Trinajstić information content (AvgIpc) is 2.50. The van der Waals surface area contributed by atoms with Crippen molar-refractivity contribution in [3.63, 3.8) is 0 Å². The van der Waals surface area contributed by atoms with E-state index in [1.165, 1.54) is 6.07 Å². The van der Waals surface area contributed by atoms with Crippen LogP contribution in [0, 0.1) is 5.82 Å². The van der Waals surface area contributed by atoms with E-state index in [-0.39, 0.29) is 5.82 Å². The molecule has 0 aliphatic carbocycles. The highest BCUT2D eigenvalue weighted by Gasteiger charge is 2.11. The number of aliphatic hydroxyl groups is 1. The highest BCUT2D eigenvalue weighted by Crippen LogP contribution is 2.24. The van der Waals surface area contributed by atoms with E-state index in [4.69, 9.17) is 0 Å². The van der Waals surface area contributed by atoms with Gasteiger partial charge in [0, 0.05) is 18.8 Å². The van der Waals surface area contributed by atoms with Crippen molar-refractivity contribution in [2.75, 3.05) is 0 Å². The van der Waals surface area contributed by atoms with Crippen molar-refractivity contribution in [2.24, 2.45) is 0 Å². The predicted octanol–water partition coefficient (Wildman–Crippen LogP) is 3.81. The van der Waals surface area contributed by atoms with Gasteiger partial charge < -0.3 is 5.11 Å². The Balaban J connectivity index is 1.85. The highest BCUT2D eigenvalue weighted by molar-refractivity contribution is 9.10. The number of rotatable bonds is 3. The van der Waals surface area contributed by atoms with Gasteiger partial charge in [-0.15, -0.1) is 0 Å². The van der Waals surface area contributed by atoms with Gasteiger partial charge in [-0.25, -0.2) is 4.39 Å². The topological polar surface area (TPSA) is 46.0 Å². The summed E-state index contributed by atoms with van der Waals surface area (Å²) in [5.41, 5.74) is 3.16. The van der Waals surface area contributed by atoms with Gasteiger partial charge in [0.25, 0.3) is 0 Å². The Hall–Kier alpha value is -1.85.